The Morgan fingerprint density at radius 1 is 1.20 bits per heavy atom. The second-order valence-electron chi connectivity index (χ2n) is 7.16. The molecule has 136 valence electrons. The Morgan fingerprint density at radius 3 is 2.68 bits per heavy atom. The van der Waals surface area contributed by atoms with E-state index in [2.05, 4.69) is 14.4 Å². The van der Waals surface area contributed by atoms with Crippen molar-refractivity contribution in [2.24, 2.45) is 7.05 Å². The minimum atomic E-state index is -3.61. The smallest absolute Gasteiger partial charge is 0.259 e. The highest BCUT2D eigenvalue weighted by atomic mass is 32.2. The second kappa shape index (κ2) is 6.57. The van der Waals surface area contributed by atoms with Crippen LogP contribution in [0.4, 0.5) is 0 Å². The molecule has 0 unspecified atom stereocenters. The van der Waals surface area contributed by atoms with E-state index in [0.717, 1.165) is 25.0 Å². The van der Waals surface area contributed by atoms with E-state index in [-0.39, 0.29) is 11.6 Å². The maximum Gasteiger partial charge on any atom is 0.259 e. The van der Waals surface area contributed by atoms with E-state index in [1.165, 1.54) is 55.9 Å². The molecule has 0 saturated heterocycles. The van der Waals surface area contributed by atoms with Gasteiger partial charge in [0, 0.05) is 18.9 Å². The Kier molecular flexibility index (Phi) is 4.41. The minimum Gasteiger partial charge on any atom is -0.339 e. The SMILES string of the molecule is Cn1cnc(S(=O)(=O)NCc2nn(C3CCCC3)c3c2CCCC3)c1. The maximum absolute atomic E-state index is 12.4. The van der Waals surface area contributed by atoms with E-state index < -0.39 is 10.0 Å². The van der Waals surface area contributed by atoms with Gasteiger partial charge >= 0.3 is 0 Å². The molecule has 1 fully saturated rings. The van der Waals surface area contributed by atoms with Crippen LogP contribution in [-0.2, 0) is 36.5 Å². The normalized spacial score (nSPS) is 18.6. The molecule has 2 aromatic rings. The molecule has 0 radical (unpaired) electrons. The summed E-state index contributed by atoms with van der Waals surface area (Å²) in [5.74, 6) is 0. The van der Waals surface area contributed by atoms with E-state index >= 15 is 0 Å². The zero-order chi connectivity index (χ0) is 17.4. The van der Waals surface area contributed by atoms with Gasteiger partial charge in [0.15, 0.2) is 5.03 Å². The van der Waals surface area contributed by atoms with Gasteiger partial charge in [-0.25, -0.2) is 18.1 Å². The first-order valence-corrected chi connectivity index (χ1v) is 10.6. The summed E-state index contributed by atoms with van der Waals surface area (Å²) in [6.45, 7) is 0.237. The minimum absolute atomic E-state index is 0.0547. The fourth-order valence-electron chi connectivity index (χ4n) is 4.06. The third kappa shape index (κ3) is 3.25. The lowest BCUT2D eigenvalue weighted by Gasteiger charge is -2.18. The monoisotopic (exact) mass is 363 g/mol. The quantitative estimate of drug-likeness (QED) is 0.882. The number of hydrogen-bond donors (Lipinski definition) is 1. The first-order valence-electron chi connectivity index (χ1n) is 9.11. The number of rotatable bonds is 5. The van der Waals surface area contributed by atoms with Crippen LogP contribution in [0.3, 0.4) is 0 Å². The first-order chi connectivity index (χ1) is 12.0. The highest BCUT2D eigenvalue weighted by molar-refractivity contribution is 7.89. The van der Waals surface area contributed by atoms with Crippen molar-refractivity contribution in [2.75, 3.05) is 0 Å². The second-order valence-corrected chi connectivity index (χ2v) is 8.88. The van der Waals surface area contributed by atoms with E-state index in [1.54, 1.807) is 11.6 Å². The van der Waals surface area contributed by atoms with Crippen molar-refractivity contribution < 1.29 is 8.42 Å². The summed E-state index contributed by atoms with van der Waals surface area (Å²) in [5, 5.41) is 4.89. The summed E-state index contributed by atoms with van der Waals surface area (Å²) in [4.78, 5) is 3.94. The van der Waals surface area contributed by atoms with Gasteiger partial charge in [-0.05, 0) is 44.1 Å². The summed E-state index contributed by atoms with van der Waals surface area (Å²) in [5.41, 5.74) is 3.49. The fourth-order valence-corrected chi connectivity index (χ4v) is 5.03. The molecule has 0 bridgehead atoms. The molecule has 2 aliphatic rings. The summed E-state index contributed by atoms with van der Waals surface area (Å²) in [7, 11) is -1.85. The lowest BCUT2D eigenvalue weighted by atomic mass is 9.95. The molecule has 25 heavy (non-hydrogen) atoms. The molecule has 0 aliphatic heterocycles. The number of imidazole rings is 1. The van der Waals surface area contributed by atoms with Crippen LogP contribution in [0.15, 0.2) is 17.6 Å². The average Bonchev–Trinajstić information content (AvgIpc) is 3.32. The number of nitrogens with one attached hydrogen (secondary N) is 1. The molecule has 7 nitrogen and oxygen atoms in total. The first kappa shape index (κ1) is 16.8. The molecule has 0 atom stereocenters. The lowest BCUT2D eigenvalue weighted by Crippen LogP contribution is -2.24. The van der Waals surface area contributed by atoms with Crippen LogP contribution >= 0.6 is 0 Å². The predicted octanol–water partition coefficient (Wildman–Crippen LogP) is 2.09. The third-order valence-corrected chi connectivity index (χ3v) is 6.63. The molecule has 0 spiro atoms. The molecule has 0 aromatic carbocycles. The number of aromatic nitrogens is 4. The highest BCUT2D eigenvalue weighted by Crippen LogP contribution is 2.34. The number of fused-ring (bicyclic) bond motifs is 1. The Balaban J connectivity index is 1.58. The van der Waals surface area contributed by atoms with Gasteiger partial charge in [0.2, 0.25) is 0 Å². The van der Waals surface area contributed by atoms with Gasteiger partial charge in [-0.3, -0.25) is 4.68 Å². The summed E-state index contributed by atoms with van der Waals surface area (Å²) >= 11 is 0. The maximum atomic E-state index is 12.4. The van der Waals surface area contributed by atoms with Gasteiger partial charge in [-0.2, -0.15) is 5.10 Å². The van der Waals surface area contributed by atoms with Crippen molar-refractivity contribution in [2.45, 2.75) is 69.0 Å². The predicted molar refractivity (Wildman–Crippen MR) is 93.6 cm³/mol. The summed E-state index contributed by atoms with van der Waals surface area (Å²) in [6, 6.07) is 0.494. The Bertz CT molecular complexity index is 862. The van der Waals surface area contributed by atoms with Gasteiger partial charge in [-0.1, -0.05) is 12.8 Å². The van der Waals surface area contributed by atoms with Crippen molar-refractivity contribution >= 4 is 10.0 Å². The zero-order valence-corrected chi connectivity index (χ0v) is 15.4. The number of sulfonamides is 1. The topological polar surface area (TPSA) is 81.8 Å². The lowest BCUT2D eigenvalue weighted by molar-refractivity contribution is 0.439. The van der Waals surface area contributed by atoms with Gasteiger partial charge in [0.05, 0.1) is 24.6 Å². The van der Waals surface area contributed by atoms with Crippen LogP contribution < -0.4 is 4.72 Å². The molecule has 0 amide bonds. The Hall–Kier alpha value is -1.67. The van der Waals surface area contributed by atoms with Crippen LogP contribution in [0.5, 0.6) is 0 Å². The van der Waals surface area contributed by atoms with Crippen molar-refractivity contribution in [1.82, 2.24) is 24.1 Å². The average molecular weight is 363 g/mol. The molecule has 2 aliphatic carbocycles. The Labute approximate surface area is 148 Å². The van der Waals surface area contributed by atoms with Gasteiger partial charge in [-0.15, -0.1) is 0 Å². The molecule has 2 aromatic heterocycles. The molecule has 8 heteroatoms. The van der Waals surface area contributed by atoms with Crippen LogP contribution in [-0.4, -0.2) is 27.7 Å². The molecular weight excluding hydrogens is 338 g/mol. The molecular formula is C17H25N5O2S. The summed E-state index contributed by atoms with van der Waals surface area (Å²) in [6.07, 6.45) is 12.3. The van der Waals surface area contributed by atoms with Crippen LogP contribution in [0, 0.1) is 0 Å². The van der Waals surface area contributed by atoms with Crippen molar-refractivity contribution in [3.05, 3.63) is 29.5 Å². The van der Waals surface area contributed by atoms with Crippen molar-refractivity contribution in [3.63, 3.8) is 0 Å². The van der Waals surface area contributed by atoms with Gasteiger partial charge in [0.25, 0.3) is 10.0 Å². The fraction of sp³-hybridized carbons (Fsp3) is 0.647. The van der Waals surface area contributed by atoms with E-state index in [4.69, 9.17) is 5.10 Å². The number of aryl methyl sites for hydroxylation is 1. The molecule has 4 rings (SSSR count). The van der Waals surface area contributed by atoms with E-state index in [1.807, 2.05) is 0 Å². The van der Waals surface area contributed by atoms with E-state index in [9.17, 15) is 8.42 Å². The third-order valence-electron chi connectivity index (χ3n) is 5.35. The number of nitrogens with zero attached hydrogens (tertiary/aromatic N) is 4. The van der Waals surface area contributed by atoms with Gasteiger partial charge in [0.1, 0.15) is 0 Å². The van der Waals surface area contributed by atoms with Crippen molar-refractivity contribution in [3.8, 4) is 0 Å². The van der Waals surface area contributed by atoms with Crippen LogP contribution in [0.2, 0.25) is 0 Å². The molecule has 1 N–H and O–H groups in total. The Morgan fingerprint density at radius 2 is 1.96 bits per heavy atom. The van der Waals surface area contributed by atoms with E-state index in [0.29, 0.717) is 6.04 Å². The summed E-state index contributed by atoms with van der Waals surface area (Å²) < 4.78 is 31.4. The van der Waals surface area contributed by atoms with Crippen LogP contribution in [0.1, 0.15) is 61.5 Å². The highest BCUT2D eigenvalue weighted by Gasteiger charge is 2.27. The molecule has 2 heterocycles. The molecule has 1 saturated carbocycles. The largest absolute Gasteiger partial charge is 0.339 e. The van der Waals surface area contributed by atoms with Crippen LogP contribution in [0.25, 0.3) is 0 Å². The zero-order valence-electron chi connectivity index (χ0n) is 14.6. The van der Waals surface area contributed by atoms with Gasteiger partial charge < -0.3 is 4.57 Å². The van der Waals surface area contributed by atoms with Crippen molar-refractivity contribution in [1.29, 1.82) is 0 Å². The number of hydrogen-bond acceptors (Lipinski definition) is 4. The standard InChI is InChI=1S/C17H25N5O2S/c1-21-11-17(18-12-21)25(23,24)19-10-15-14-8-4-5-9-16(14)22(20-15)13-6-2-3-7-13/h11-13,19H,2-10H2,1H3.